The highest BCUT2D eigenvalue weighted by Crippen LogP contribution is 2.40. The van der Waals surface area contributed by atoms with E-state index in [1.807, 2.05) is 0 Å². The number of carbonyl (C=O) groups excluding carboxylic acids is 1. The molecule has 3 aromatic rings. The van der Waals surface area contributed by atoms with Crippen LogP contribution in [0.1, 0.15) is 67.9 Å². The second-order valence-electron chi connectivity index (χ2n) is 10.4. The Morgan fingerprint density at radius 2 is 1.85 bits per heavy atom. The zero-order valence-corrected chi connectivity index (χ0v) is 22.1. The number of carbonyl (C=O) groups is 2. The Balaban J connectivity index is 1.65. The van der Waals surface area contributed by atoms with Crippen LogP contribution in [0.3, 0.4) is 0 Å². The van der Waals surface area contributed by atoms with Crippen LogP contribution in [0.5, 0.6) is 11.5 Å². The number of carboxylic acids is 1. The fourth-order valence-electron chi connectivity index (χ4n) is 5.02. The molecule has 0 bridgehead atoms. The van der Waals surface area contributed by atoms with Gasteiger partial charge < -0.3 is 19.3 Å². The number of ether oxygens (including phenoxy) is 1. The Labute approximate surface area is 225 Å². The summed E-state index contributed by atoms with van der Waals surface area (Å²) >= 11 is 0. The molecule has 1 heterocycles. The van der Waals surface area contributed by atoms with E-state index in [9.17, 15) is 27.9 Å². The van der Waals surface area contributed by atoms with Gasteiger partial charge in [0.2, 0.25) is 5.91 Å². The Kier molecular flexibility index (Phi) is 8.32. The van der Waals surface area contributed by atoms with Crippen molar-refractivity contribution in [1.82, 2.24) is 9.55 Å². The monoisotopic (exact) mass is 543 g/mol. The number of anilines is 1. The number of nitrogens with zero attached hydrogens (tertiary/aromatic N) is 3. The first-order valence-electron chi connectivity index (χ1n) is 13.0. The molecule has 7 nitrogen and oxygen atoms in total. The van der Waals surface area contributed by atoms with Gasteiger partial charge in [-0.15, -0.1) is 0 Å². The van der Waals surface area contributed by atoms with Crippen molar-refractivity contribution >= 4 is 17.6 Å². The summed E-state index contributed by atoms with van der Waals surface area (Å²) in [5.41, 5.74) is -0.603. The zero-order valence-electron chi connectivity index (χ0n) is 22.1. The number of amides is 1. The predicted octanol–water partition coefficient (Wildman–Crippen LogP) is 7.01. The van der Waals surface area contributed by atoms with Crippen LogP contribution < -0.4 is 9.64 Å². The fourth-order valence-corrected chi connectivity index (χ4v) is 5.02. The number of hydrogen-bond acceptors (Lipinski definition) is 4. The average molecular weight is 544 g/mol. The molecular weight excluding hydrogens is 511 g/mol. The normalized spacial score (nSPS) is 17.7. The molecule has 1 aliphatic rings. The Morgan fingerprint density at radius 1 is 1.13 bits per heavy atom. The maximum atomic E-state index is 13.9. The molecule has 0 saturated heterocycles. The van der Waals surface area contributed by atoms with Gasteiger partial charge in [0.1, 0.15) is 11.5 Å². The maximum absolute atomic E-state index is 13.9. The number of rotatable bonds is 8. The molecule has 39 heavy (non-hydrogen) atoms. The van der Waals surface area contributed by atoms with Crippen LogP contribution in [0, 0.1) is 11.8 Å². The van der Waals surface area contributed by atoms with Crippen LogP contribution >= 0.6 is 0 Å². The van der Waals surface area contributed by atoms with Gasteiger partial charge in [0.15, 0.2) is 0 Å². The van der Waals surface area contributed by atoms with E-state index in [-0.39, 0.29) is 41.4 Å². The van der Waals surface area contributed by atoms with Crippen molar-refractivity contribution in [3.8, 4) is 11.5 Å². The molecule has 1 aliphatic carbocycles. The topological polar surface area (TPSA) is 84.7 Å². The Bertz CT molecular complexity index is 1310. The van der Waals surface area contributed by atoms with Crippen LogP contribution in [-0.4, -0.2) is 32.6 Å². The minimum absolute atomic E-state index is 0.0772. The molecule has 1 aromatic heterocycles. The van der Waals surface area contributed by atoms with Gasteiger partial charge >= 0.3 is 12.1 Å². The first-order valence-corrected chi connectivity index (χ1v) is 13.0. The largest absolute Gasteiger partial charge is 0.478 e. The summed E-state index contributed by atoms with van der Waals surface area (Å²) in [6, 6.07) is 7.42. The van der Waals surface area contributed by atoms with Gasteiger partial charge in [0.05, 0.1) is 23.1 Å². The Hall–Kier alpha value is -3.82. The van der Waals surface area contributed by atoms with Crippen LogP contribution in [0.4, 0.5) is 18.9 Å². The van der Waals surface area contributed by atoms with E-state index < -0.39 is 23.5 Å². The van der Waals surface area contributed by atoms with Crippen molar-refractivity contribution in [2.45, 2.75) is 65.2 Å². The summed E-state index contributed by atoms with van der Waals surface area (Å²) in [5.74, 6) is -1.62. The van der Waals surface area contributed by atoms with Crippen molar-refractivity contribution in [3.63, 3.8) is 0 Å². The lowest BCUT2D eigenvalue weighted by Crippen LogP contribution is -2.42. The van der Waals surface area contributed by atoms with Gasteiger partial charge in [-0.1, -0.05) is 13.0 Å². The van der Waals surface area contributed by atoms with Crippen molar-refractivity contribution in [3.05, 3.63) is 71.8 Å². The molecular formula is C29H32F3N3O4. The fraction of sp³-hybridized carbons (Fsp3) is 0.414. The molecule has 1 saturated carbocycles. The molecule has 1 amide bonds. The summed E-state index contributed by atoms with van der Waals surface area (Å²) in [6.07, 6.45) is 3.34. The SMILES string of the molecule is CC1CCC(C(=O)N(c2ccc(Oc3ccc(Cn4ccnc4)cc3C(F)(F)F)cc2C(=O)O)C(C)C)CC1. The third-order valence-corrected chi connectivity index (χ3v) is 7.08. The second kappa shape index (κ2) is 11.5. The van der Waals surface area contributed by atoms with Gasteiger partial charge in [0.25, 0.3) is 0 Å². The lowest BCUT2D eigenvalue weighted by atomic mass is 9.82. The minimum atomic E-state index is -4.70. The summed E-state index contributed by atoms with van der Waals surface area (Å²) in [7, 11) is 0. The number of imidazole rings is 1. The third kappa shape index (κ3) is 6.61. The van der Waals surface area contributed by atoms with Crippen molar-refractivity contribution in [2.75, 3.05) is 4.90 Å². The molecule has 0 unspecified atom stereocenters. The third-order valence-electron chi connectivity index (χ3n) is 7.08. The van der Waals surface area contributed by atoms with E-state index in [2.05, 4.69) is 11.9 Å². The van der Waals surface area contributed by atoms with E-state index in [0.29, 0.717) is 11.5 Å². The summed E-state index contributed by atoms with van der Waals surface area (Å²) in [5, 5.41) is 9.98. The second-order valence-corrected chi connectivity index (χ2v) is 10.4. The van der Waals surface area contributed by atoms with E-state index in [4.69, 9.17) is 4.74 Å². The number of alkyl halides is 3. The van der Waals surface area contributed by atoms with Crippen molar-refractivity contribution < 1.29 is 32.6 Å². The summed E-state index contributed by atoms with van der Waals surface area (Å²) < 4.78 is 49.0. The van der Waals surface area contributed by atoms with E-state index in [0.717, 1.165) is 31.7 Å². The molecule has 0 aliphatic heterocycles. The standard InChI is InChI=1S/C29H32F3N3O4/c1-18(2)35(27(36)21-7-4-19(3)5-8-21)25-10-9-22(15-23(25)28(37)38)39-26-11-6-20(14-24(26)29(30,31)32)16-34-13-12-33-17-34/h6,9-15,17-19,21H,4-5,7-8,16H2,1-3H3,(H,37,38). The van der Waals surface area contributed by atoms with Crippen LogP contribution in [0.2, 0.25) is 0 Å². The van der Waals surface area contributed by atoms with Crippen LogP contribution in [0.15, 0.2) is 55.1 Å². The molecule has 0 radical (unpaired) electrons. The lowest BCUT2D eigenvalue weighted by Gasteiger charge is -2.34. The molecule has 4 rings (SSSR count). The first-order chi connectivity index (χ1) is 18.4. The highest BCUT2D eigenvalue weighted by Gasteiger charge is 2.36. The van der Waals surface area contributed by atoms with Gasteiger partial charge in [-0.05, 0) is 81.3 Å². The highest BCUT2D eigenvalue weighted by molar-refractivity contribution is 6.03. The average Bonchev–Trinajstić information content (AvgIpc) is 3.38. The molecule has 208 valence electrons. The molecule has 0 spiro atoms. The predicted molar refractivity (Wildman–Crippen MR) is 140 cm³/mol. The maximum Gasteiger partial charge on any atom is 0.419 e. The van der Waals surface area contributed by atoms with Crippen molar-refractivity contribution in [1.29, 1.82) is 0 Å². The van der Waals surface area contributed by atoms with Gasteiger partial charge in [-0.3, -0.25) is 4.79 Å². The first kappa shape index (κ1) is 28.2. The smallest absolute Gasteiger partial charge is 0.419 e. The molecule has 1 N–H and O–H groups in total. The van der Waals surface area contributed by atoms with E-state index in [1.54, 1.807) is 24.6 Å². The number of halogens is 3. The Morgan fingerprint density at radius 3 is 2.44 bits per heavy atom. The molecule has 2 aromatic carbocycles. The summed E-state index contributed by atoms with van der Waals surface area (Å²) in [6.45, 7) is 5.96. The molecule has 1 fully saturated rings. The quantitative estimate of drug-likeness (QED) is 0.330. The number of aromatic nitrogens is 2. The number of carboxylic acid groups (broad SMARTS) is 1. The molecule has 0 atom stereocenters. The van der Waals surface area contributed by atoms with Crippen molar-refractivity contribution in [2.24, 2.45) is 11.8 Å². The van der Waals surface area contributed by atoms with Crippen LogP contribution in [-0.2, 0) is 17.5 Å². The number of hydrogen-bond donors (Lipinski definition) is 1. The lowest BCUT2D eigenvalue weighted by molar-refractivity contribution is -0.138. The highest BCUT2D eigenvalue weighted by atomic mass is 19.4. The zero-order chi connectivity index (χ0) is 28.3. The summed E-state index contributed by atoms with van der Waals surface area (Å²) in [4.78, 5) is 31.1. The number of aromatic carboxylic acids is 1. The number of benzene rings is 2. The van der Waals surface area contributed by atoms with E-state index in [1.165, 1.54) is 47.8 Å². The van der Waals surface area contributed by atoms with Gasteiger partial charge in [-0.25, -0.2) is 9.78 Å². The minimum Gasteiger partial charge on any atom is -0.478 e. The van der Waals surface area contributed by atoms with Gasteiger partial charge in [0, 0.05) is 30.9 Å². The van der Waals surface area contributed by atoms with Gasteiger partial charge in [-0.2, -0.15) is 13.2 Å². The molecule has 10 heteroatoms. The van der Waals surface area contributed by atoms with E-state index >= 15 is 0 Å². The van der Waals surface area contributed by atoms with Crippen LogP contribution in [0.25, 0.3) is 0 Å².